The average molecular weight is 287 g/mol. The smallest absolute Gasteiger partial charge is 0.129 e. The molecule has 114 valence electrons. The molecule has 1 heterocycles. The molecule has 21 heavy (non-hydrogen) atoms. The van der Waals surface area contributed by atoms with Crippen molar-refractivity contribution in [3.63, 3.8) is 0 Å². The zero-order valence-electron chi connectivity index (χ0n) is 13.3. The van der Waals surface area contributed by atoms with Crippen LogP contribution in [0.5, 0.6) is 0 Å². The van der Waals surface area contributed by atoms with Crippen molar-refractivity contribution in [1.29, 1.82) is 0 Å². The maximum Gasteiger partial charge on any atom is 0.129 e. The van der Waals surface area contributed by atoms with E-state index in [4.69, 9.17) is 9.52 Å². The Bertz CT molecular complexity index is 581. The van der Waals surface area contributed by atoms with Gasteiger partial charge in [-0.2, -0.15) is 0 Å². The van der Waals surface area contributed by atoms with E-state index in [2.05, 4.69) is 57.3 Å². The molecule has 1 aromatic heterocycles. The highest BCUT2D eigenvalue weighted by atomic mass is 16.4. The van der Waals surface area contributed by atoms with E-state index < -0.39 is 0 Å². The molecule has 0 aliphatic rings. The first-order valence-electron chi connectivity index (χ1n) is 7.39. The van der Waals surface area contributed by atoms with Crippen molar-refractivity contribution in [2.24, 2.45) is 5.41 Å². The fraction of sp³-hybridized carbons (Fsp3) is 0.444. The van der Waals surface area contributed by atoms with E-state index in [1.54, 1.807) is 0 Å². The van der Waals surface area contributed by atoms with Crippen LogP contribution >= 0.6 is 0 Å². The van der Waals surface area contributed by atoms with Crippen LogP contribution in [0.4, 0.5) is 0 Å². The highest BCUT2D eigenvalue weighted by Crippen LogP contribution is 2.34. The predicted octanol–water partition coefficient (Wildman–Crippen LogP) is 3.96. The minimum Gasteiger partial charge on any atom is -0.462 e. The summed E-state index contributed by atoms with van der Waals surface area (Å²) in [5.74, 6) is 1.46. The second-order valence-corrected chi connectivity index (χ2v) is 6.56. The summed E-state index contributed by atoms with van der Waals surface area (Å²) in [5, 5.41) is 12.7. The van der Waals surface area contributed by atoms with Gasteiger partial charge in [0.1, 0.15) is 18.1 Å². The minimum absolute atomic E-state index is 0.0551. The zero-order chi connectivity index (χ0) is 15.5. The van der Waals surface area contributed by atoms with Crippen LogP contribution in [0.1, 0.15) is 49.5 Å². The van der Waals surface area contributed by atoms with Crippen molar-refractivity contribution in [1.82, 2.24) is 5.32 Å². The Morgan fingerprint density at radius 1 is 1.10 bits per heavy atom. The molecule has 0 amide bonds. The van der Waals surface area contributed by atoms with Gasteiger partial charge in [0.25, 0.3) is 0 Å². The van der Waals surface area contributed by atoms with Crippen LogP contribution in [0.25, 0.3) is 0 Å². The fourth-order valence-electron chi connectivity index (χ4n) is 2.60. The summed E-state index contributed by atoms with van der Waals surface area (Å²) in [6, 6.07) is 12.4. The van der Waals surface area contributed by atoms with Gasteiger partial charge in [-0.15, -0.1) is 0 Å². The van der Waals surface area contributed by atoms with Crippen molar-refractivity contribution < 1.29 is 9.52 Å². The number of rotatable bonds is 5. The molecule has 2 N–H and O–H groups in total. The van der Waals surface area contributed by atoms with Gasteiger partial charge in [-0.1, -0.05) is 45.0 Å². The van der Waals surface area contributed by atoms with Gasteiger partial charge in [-0.3, -0.25) is 0 Å². The highest BCUT2D eigenvalue weighted by Gasteiger charge is 2.27. The molecule has 3 nitrogen and oxygen atoms in total. The third kappa shape index (κ3) is 3.96. The third-order valence-electron chi connectivity index (χ3n) is 3.72. The molecule has 3 heteroatoms. The molecule has 0 saturated carbocycles. The number of benzene rings is 1. The number of hydrogen-bond acceptors (Lipinski definition) is 3. The summed E-state index contributed by atoms with van der Waals surface area (Å²) in [5.41, 5.74) is 2.71. The normalized spacial score (nSPS) is 13.4. The maximum absolute atomic E-state index is 9.06. The predicted molar refractivity (Wildman–Crippen MR) is 84.8 cm³/mol. The molecule has 0 saturated heterocycles. The van der Waals surface area contributed by atoms with Crippen LogP contribution in [-0.4, -0.2) is 5.11 Å². The van der Waals surface area contributed by atoms with Crippen molar-refractivity contribution in [2.45, 2.75) is 46.9 Å². The minimum atomic E-state index is -0.0551. The Kier molecular flexibility index (Phi) is 4.86. The number of nitrogens with one attached hydrogen (secondary N) is 1. The van der Waals surface area contributed by atoms with Crippen LogP contribution < -0.4 is 5.32 Å². The summed E-state index contributed by atoms with van der Waals surface area (Å²) >= 11 is 0. The van der Waals surface area contributed by atoms with E-state index in [9.17, 15) is 0 Å². The lowest BCUT2D eigenvalue weighted by molar-refractivity contribution is 0.236. The van der Waals surface area contributed by atoms with Gasteiger partial charge in [-0.05, 0) is 35.6 Å². The highest BCUT2D eigenvalue weighted by molar-refractivity contribution is 5.30. The van der Waals surface area contributed by atoms with Crippen LogP contribution in [0, 0.1) is 12.3 Å². The quantitative estimate of drug-likeness (QED) is 0.875. The van der Waals surface area contributed by atoms with Crippen molar-refractivity contribution in [3.05, 3.63) is 59.0 Å². The maximum atomic E-state index is 9.06. The Labute approximate surface area is 127 Å². The van der Waals surface area contributed by atoms with Gasteiger partial charge in [0.05, 0.1) is 6.54 Å². The van der Waals surface area contributed by atoms with Crippen molar-refractivity contribution in [3.8, 4) is 0 Å². The number of aliphatic hydroxyl groups is 1. The average Bonchev–Trinajstić information content (AvgIpc) is 2.87. The van der Waals surface area contributed by atoms with E-state index in [0.29, 0.717) is 12.3 Å². The molecule has 0 aliphatic heterocycles. The van der Waals surface area contributed by atoms with Gasteiger partial charge in [-0.25, -0.2) is 0 Å². The van der Waals surface area contributed by atoms with E-state index >= 15 is 0 Å². The number of aryl methyl sites for hydroxylation is 1. The molecule has 1 aromatic carbocycles. The molecular formula is C18H25NO2. The first-order chi connectivity index (χ1) is 9.91. The Balaban J connectivity index is 2.16. The lowest BCUT2D eigenvalue weighted by Gasteiger charge is -2.33. The van der Waals surface area contributed by atoms with Gasteiger partial charge in [0, 0.05) is 6.04 Å². The molecule has 2 rings (SSSR count). The number of aliphatic hydroxyl groups excluding tert-OH is 1. The van der Waals surface area contributed by atoms with E-state index in [1.165, 1.54) is 11.1 Å². The van der Waals surface area contributed by atoms with E-state index in [1.807, 2.05) is 12.1 Å². The van der Waals surface area contributed by atoms with Gasteiger partial charge in [0.15, 0.2) is 0 Å². The van der Waals surface area contributed by atoms with E-state index in [0.717, 1.165) is 5.76 Å². The first-order valence-corrected chi connectivity index (χ1v) is 7.39. The Morgan fingerprint density at radius 2 is 1.76 bits per heavy atom. The monoisotopic (exact) mass is 287 g/mol. The lowest BCUT2D eigenvalue weighted by atomic mass is 9.81. The molecule has 1 unspecified atom stereocenters. The number of furan rings is 1. The summed E-state index contributed by atoms with van der Waals surface area (Å²) in [4.78, 5) is 0. The molecule has 0 spiro atoms. The lowest BCUT2D eigenvalue weighted by Crippen LogP contribution is -2.32. The standard InChI is InChI=1S/C18H25NO2/c1-13-7-5-6-8-16(13)17(18(2,3)4)19-11-14-9-10-15(12-20)21-14/h5-10,17,19-20H,11-12H2,1-4H3. The molecule has 0 bridgehead atoms. The topological polar surface area (TPSA) is 45.4 Å². The van der Waals surface area contributed by atoms with Gasteiger partial charge < -0.3 is 14.8 Å². The summed E-state index contributed by atoms with van der Waals surface area (Å²) in [6.45, 7) is 9.44. The molecular weight excluding hydrogens is 262 g/mol. The zero-order valence-corrected chi connectivity index (χ0v) is 13.3. The molecule has 1 atom stereocenters. The fourth-order valence-corrected chi connectivity index (χ4v) is 2.60. The summed E-state index contributed by atoms with van der Waals surface area (Å²) in [7, 11) is 0. The van der Waals surface area contributed by atoms with Crippen LogP contribution in [-0.2, 0) is 13.2 Å². The SMILES string of the molecule is Cc1ccccc1C(NCc1ccc(CO)o1)C(C)(C)C. The first kappa shape index (κ1) is 15.8. The second-order valence-electron chi connectivity index (χ2n) is 6.56. The number of hydrogen-bond donors (Lipinski definition) is 2. The molecule has 2 aromatic rings. The van der Waals surface area contributed by atoms with Gasteiger partial charge >= 0.3 is 0 Å². The Hall–Kier alpha value is -1.58. The molecule has 0 aliphatic carbocycles. The van der Waals surface area contributed by atoms with Crippen LogP contribution in [0.15, 0.2) is 40.8 Å². The van der Waals surface area contributed by atoms with E-state index in [-0.39, 0.29) is 18.1 Å². The molecule has 0 radical (unpaired) electrons. The second kappa shape index (κ2) is 6.46. The van der Waals surface area contributed by atoms with Crippen molar-refractivity contribution >= 4 is 0 Å². The third-order valence-corrected chi connectivity index (χ3v) is 3.72. The summed E-state index contributed by atoms with van der Waals surface area (Å²) < 4.78 is 5.55. The van der Waals surface area contributed by atoms with Crippen LogP contribution in [0.3, 0.4) is 0 Å². The Morgan fingerprint density at radius 3 is 2.33 bits per heavy atom. The van der Waals surface area contributed by atoms with Gasteiger partial charge in [0.2, 0.25) is 0 Å². The van der Waals surface area contributed by atoms with Crippen LogP contribution in [0.2, 0.25) is 0 Å². The van der Waals surface area contributed by atoms with Crippen molar-refractivity contribution in [2.75, 3.05) is 0 Å². The molecule has 0 fully saturated rings. The largest absolute Gasteiger partial charge is 0.462 e. The summed E-state index contributed by atoms with van der Waals surface area (Å²) in [6.07, 6.45) is 0.